The maximum absolute atomic E-state index is 12.7. The van der Waals surface area contributed by atoms with E-state index in [4.69, 9.17) is 23.5 Å². The minimum Gasteiger partial charge on any atom is -0.508 e. The molecular formula is C55H44B3NO10. The number of aliphatic hydroxyl groups excluding tert-OH is 3. The highest BCUT2D eigenvalue weighted by atomic mass is 16.3. The second kappa shape index (κ2) is 16.6. The van der Waals surface area contributed by atoms with E-state index in [1.165, 1.54) is 6.07 Å². The van der Waals surface area contributed by atoms with E-state index in [-0.39, 0.29) is 50.2 Å². The van der Waals surface area contributed by atoms with Gasteiger partial charge in [0.25, 0.3) is 0 Å². The standard InChI is InChI=1S/C55H44B3NO10/c1-26-18-19-30(20-21-54(3,4)34-16-10-8-14-31(26)34)59(36-17-11-9-15-32(36)28-12-6-5-7-13-28)37-24-35-33(47(63)48(37)64)23-38(61)46(62)29(25-60)22-27(2)55(35)41-40(49(65)53(69)51(67)44(41)57)39-42(55)50(66)52(68)45(58)43(39)56/h5-20,22,24,60-69H,1-2,21,23,25H2,3-4H3/b19-18-,29-22-,30-20+,46-38-. The van der Waals surface area contributed by atoms with Crippen molar-refractivity contribution in [3.8, 4) is 62.5 Å². The number of phenols is 7. The molecule has 1 unspecified atom stereocenters. The van der Waals surface area contributed by atoms with Crippen molar-refractivity contribution in [3.63, 3.8) is 0 Å². The van der Waals surface area contributed by atoms with Crippen LogP contribution in [-0.4, -0.2) is 81.2 Å². The first-order valence-electron chi connectivity index (χ1n) is 21.8. The van der Waals surface area contributed by atoms with Gasteiger partial charge in [0.2, 0.25) is 0 Å². The number of hydrogen-bond donors (Lipinski definition) is 10. The SMILES string of the molecule is [B]c1c([B])c2c(c(O)c1O)C1(C(=C)/C=C(CO)\C(O)=C(\O)Cc3c1cc(N(C1=C/CC(C)(C)c4ccccc4C(=C)/C=C\1)c1ccccc1-c1ccccc1)c(O)c3O)c1c([B])c(O)c(O)c(O)c1-2. The lowest BCUT2D eigenvalue weighted by molar-refractivity contribution is 0.289. The molecule has 0 fully saturated rings. The largest absolute Gasteiger partial charge is 0.508 e. The Balaban J connectivity index is 1.49. The molecule has 0 saturated heterocycles. The summed E-state index contributed by atoms with van der Waals surface area (Å²) in [5, 5.41) is 118. The molecule has 0 saturated carbocycles. The van der Waals surface area contributed by atoms with Crippen LogP contribution in [0.2, 0.25) is 0 Å². The number of benzene rings is 6. The molecule has 0 bridgehead atoms. The van der Waals surface area contributed by atoms with Crippen molar-refractivity contribution in [2.45, 2.75) is 37.5 Å². The number of anilines is 2. The number of rotatable bonds is 5. The summed E-state index contributed by atoms with van der Waals surface area (Å²) < 4.78 is 0. The van der Waals surface area contributed by atoms with Gasteiger partial charge in [-0.05, 0) is 86.1 Å². The second-order valence-corrected chi connectivity index (χ2v) is 18.0. The Morgan fingerprint density at radius 2 is 1.25 bits per heavy atom. The first-order chi connectivity index (χ1) is 32.8. The first-order valence-corrected chi connectivity index (χ1v) is 21.8. The molecule has 6 aromatic rings. The van der Waals surface area contributed by atoms with E-state index in [2.05, 4.69) is 27.0 Å². The van der Waals surface area contributed by atoms with Gasteiger partial charge in [-0.15, -0.1) is 0 Å². The highest BCUT2D eigenvalue weighted by Gasteiger charge is 2.55. The van der Waals surface area contributed by atoms with Crippen LogP contribution in [0, 0.1) is 0 Å². The van der Waals surface area contributed by atoms with Gasteiger partial charge in [-0.3, -0.25) is 0 Å². The molecule has 1 atom stereocenters. The maximum atomic E-state index is 12.7. The van der Waals surface area contributed by atoms with Crippen LogP contribution in [0.25, 0.3) is 27.8 Å². The summed E-state index contributed by atoms with van der Waals surface area (Å²) >= 11 is 0. The van der Waals surface area contributed by atoms with E-state index >= 15 is 0 Å². The molecule has 10 N–H and O–H groups in total. The Labute approximate surface area is 402 Å². The van der Waals surface area contributed by atoms with Crippen molar-refractivity contribution in [3.05, 3.63) is 184 Å². The minimum atomic E-state index is -2.40. The molecule has 0 aromatic heterocycles. The number of fused-ring (bicyclic) bond motifs is 8. The molecule has 14 heteroatoms. The lowest BCUT2D eigenvalue weighted by Gasteiger charge is -2.39. The van der Waals surface area contributed by atoms with Crippen LogP contribution in [0.4, 0.5) is 11.4 Å². The molecule has 1 spiro atoms. The fourth-order valence-electron chi connectivity index (χ4n) is 10.2. The van der Waals surface area contributed by atoms with E-state index in [1.807, 2.05) is 91.0 Å². The third kappa shape index (κ3) is 6.72. The number of nitrogens with zero attached hydrogens (tertiary/aromatic N) is 1. The van der Waals surface area contributed by atoms with Crippen molar-refractivity contribution >= 4 is 56.9 Å². The van der Waals surface area contributed by atoms with Crippen molar-refractivity contribution in [1.82, 2.24) is 0 Å². The zero-order chi connectivity index (χ0) is 49.6. The van der Waals surface area contributed by atoms with Gasteiger partial charge in [-0.1, -0.05) is 123 Å². The summed E-state index contributed by atoms with van der Waals surface area (Å²) in [7, 11) is 19.8. The van der Waals surface area contributed by atoms with Gasteiger partial charge in [0, 0.05) is 39.9 Å². The average molecular weight is 911 g/mol. The van der Waals surface area contributed by atoms with E-state index in [1.54, 1.807) is 11.0 Å². The van der Waals surface area contributed by atoms with Crippen LogP contribution < -0.4 is 21.3 Å². The Bertz CT molecular complexity index is 3300. The predicted molar refractivity (Wildman–Crippen MR) is 271 cm³/mol. The molecular weight excluding hydrogens is 867 g/mol. The third-order valence-corrected chi connectivity index (χ3v) is 13.7. The van der Waals surface area contributed by atoms with Gasteiger partial charge in [-0.25, -0.2) is 0 Å². The molecule has 6 aromatic carbocycles. The maximum Gasteiger partial charge on any atom is 0.200 e. The predicted octanol–water partition coefficient (Wildman–Crippen LogP) is 7.32. The van der Waals surface area contributed by atoms with Gasteiger partial charge < -0.3 is 56.0 Å². The smallest absolute Gasteiger partial charge is 0.200 e. The van der Waals surface area contributed by atoms with Crippen molar-refractivity contribution in [2.24, 2.45) is 0 Å². The number of hydrogen-bond acceptors (Lipinski definition) is 11. The van der Waals surface area contributed by atoms with Crippen LogP contribution >= 0.6 is 0 Å². The Morgan fingerprint density at radius 3 is 1.94 bits per heavy atom. The van der Waals surface area contributed by atoms with Crippen molar-refractivity contribution in [2.75, 3.05) is 11.5 Å². The van der Waals surface area contributed by atoms with Gasteiger partial charge in [0.1, 0.15) is 35.0 Å². The minimum absolute atomic E-state index is 0.121. The topological polar surface area (TPSA) is 206 Å². The van der Waals surface area contributed by atoms with Crippen LogP contribution in [0.15, 0.2) is 151 Å². The van der Waals surface area contributed by atoms with E-state index in [0.29, 0.717) is 28.9 Å². The summed E-state index contributed by atoms with van der Waals surface area (Å²) in [6, 6.07) is 26.2. The number of allylic oxidation sites excluding steroid dienone is 7. The molecule has 9 rings (SSSR count). The van der Waals surface area contributed by atoms with Crippen LogP contribution in [0.5, 0.6) is 40.2 Å². The number of aromatic hydroxyl groups is 7. The Morgan fingerprint density at radius 1 is 0.609 bits per heavy atom. The van der Waals surface area contributed by atoms with Crippen molar-refractivity contribution in [1.29, 1.82) is 0 Å². The normalized spacial score (nSPS) is 20.3. The Hall–Kier alpha value is -8.09. The second-order valence-electron chi connectivity index (χ2n) is 18.0. The average Bonchev–Trinajstić information content (AvgIpc) is 3.70. The molecule has 338 valence electrons. The molecule has 0 heterocycles. The van der Waals surface area contributed by atoms with Gasteiger partial charge in [0.05, 0.1) is 23.4 Å². The van der Waals surface area contributed by atoms with E-state index in [9.17, 15) is 51.1 Å². The summed E-state index contributed by atoms with van der Waals surface area (Å²) in [6.45, 7) is 12.1. The third-order valence-electron chi connectivity index (χ3n) is 13.7. The molecule has 3 aliphatic rings. The zero-order valence-electron chi connectivity index (χ0n) is 37.6. The number of phenolic OH excluding ortho intramolecular Hbond substituents is 7. The quantitative estimate of drug-likeness (QED) is 0.0613. The molecule has 69 heavy (non-hydrogen) atoms. The summed E-state index contributed by atoms with van der Waals surface area (Å²) in [5.41, 5.74) is -1.97. The monoisotopic (exact) mass is 911 g/mol. The Kier molecular flexibility index (Phi) is 11.1. The van der Waals surface area contributed by atoms with Crippen LogP contribution in [0.3, 0.4) is 0 Å². The molecule has 0 aliphatic heterocycles. The lowest BCUT2D eigenvalue weighted by Crippen LogP contribution is -2.36. The summed E-state index contributed by atoms with van der Waals surface area (Å²) in [4.78, 5) is 1.71. The van der Waals surface area contributed by atoms with Gasteiger partial charge in [-0.2, -0.15) is 0 Å². The highest BCUT2D eigenvalue weighted by molar-refractivity contribution is 6.53. The summed E-state index contributed by atoms with van der Waals surface area (Å²) in [5.74, 6) is -8.18. The van der Waals surface area contributed by atoms with Gasteiger partial charge >= 0.3 is 0 Å². The zero-order valence-corrected chi connectivity index (χ0v) is 37.6. The first kappa shape index (κ1) is 46.0. The number of aliphatic hydroxyl groups is 3. The van der Waals surface area contributed by atoms with Crippen LogP contribution in [-0.2, 0) is 17.3 Å². The van der Waals surface area contributed by atoms with E-state index < -0.39 is 92.0 Å². The van der Waals surface area contributed by atoms with E-state index in [0.717, 1.165) is 22.8 Å². The fourth-order valence-corrected chi connectivity index (χ4v) is 10.2. The lowest BCUT2D eigenvalue weighted by atomic mass is 9.61. The van der Waals surface area contributed by atoms with Gasteiger partial charge in [0.15, 0.2) is 40.3 Å². The molecule has 6 radical (unpaired) electrons. The highest BCUT2D eigenvalue weighted by Crippen LogP contribution is 2.65. The molecule has 11 nitrogen and oxygen atoms in total. The number of para-hydroxylation sites is 1. The van der Waals surface area contributed by atoms with Crippen molar-refractivity contribution < 1.29 is 51.1 Å². The molecule has 3 aliphatic carbocycles. The summed E-state index contributed by atoms with van der Waals surface area (Å²) in [6.07, 6.45) is 6.45. The molecule has 0 amide bonds. The fraction of sp³-hybridized carbons (Fsp3) is 0.127. The van der Waals surface area contributed by atoms with Crippen LogP contribution in [0.1, 0.15) is 53.6 Å².